The van der Waals surface area contributed by atoms with Gasteiger partial charge in [-0.15, -0.1) is 18.2 Å². The molecule has 13 nitrogen and oxygen atoms in total. The number of hydrogen-bond donors (Lipinski definition) is 3. The minimum Gasteiger partial charge on any atom is -0.487 e. The van der Waals surface area contributed by atoms with Gasteiger partial charge in [0.25, 0.3) is 0 Å². The Morgan fingerprint density at radius 3 is 2.61 bits per heavy atom. The van der Waals surface area contributed by atoms with Gasteiger partial charge in [0, 0.05) is 43.4 Å². The number of halogens is 1. The summed E-state index contributed by atoms with van der Waals surface area (Å²) >= 11 is 5.98. The molecule has 5 rings (SSSR count). The van der Waals surface area contributed by atoms with Gasteiger partial charge in [-0.25, -0.2) is 4.79 Å². The molecular formula is C42H58ClN3O10. The van der Waals surface area contributed by atoms with Crippen molar-refractivity contribution in [3.63, 3.8) is 0 Å². The van der Waals surface area contributed by atoms with Crippen molar-refractivity contribution in [2.75, 3.05) is 65.8 Å². The number of hydrogen-bond acceptors (Lipinski definition) is 12. The highest BCUT2D eigenvalue weighted by atomic mass is 35.5. The van der Waals surface area contributed by atoms with Crippen LogP contribution in [0.2, 0.25) is 0 Å². The van der Waals surface area contributed by atoms with Crippen molar-refractivity contribution < 1.29 is 48.6 Å². The number of carbonyl (C=O) groups is 1. The quantitative estimate of drug-likeness (QED) is 0.0530. The number of aliphatic hydroxyl groups is 3. The monoisotopic (exact) mass is 799 g/mol. The van der Waals surface area contributed by atoms with E-state index in [1.165, 1.54) is 7.11 Å². The van der Waals surface area contributed by atoms with E-state index in [0.717, 1.165) is 48.2 Å². The van der Waals surface area contributed by atoms with Crippen molar-refractivity contribution in [3.8, 4) is 11.5 Å². The van der Waals surface area contributed by atoms with Crippen LogP contribution in [-0.2, 0) is 25.7 Å². The predicted molar refractivity (Wildman–Crippen MR) is 212 cm³/mol. The number of alkyl halides is 1. The maximum Gasteiger partial charge on any atom is 0.410 e. The second kappa shape index (κ2) is 21.7. The number of ether oxygens (including phenoxy) is 5. The Balaban J connectivity index is 1.72. The van der Waals surface area contributed by atoms with Crippen molar-refractivity contribution in [2.24, 2.45) is 22.9 Å². The van der Waals surface area contributed by atoms with Crippen molar-refractivity contribution in [2.45, 2.75) is 76.2 Å². The summed E-state index contributed by atoms with van der Waals surface area (Å²) in [5.74, 6) is -0.687. The maximum absolute atomic E-state index is 14.1. The van der Waals surface area contributed by atoms with E-state index < -0.39 is 23.8 Å². The topological polar surface area (TPSA) is 162 Å². The molecule has 0 radical (unpaired) electrons. The third kappa shape index (κ3) is 10.2. The lowest BCUT2D eigenvalue weighted by Gasteiger charge is -2.59. The molecule has 56 heavy (non-hydrogen) atoms. The molecule has 2 aromatic rings. The van der Waals surface area contributed by atoms with Gasteiger partial charge in [0.15, 0.2) is 0 Å². The molecule has 0 unspecified atom stereocenters. The first-order valence-corrected chi connectivity index (χ1v) is 20.2. The second-order valence-electron chi connectivity index (χ2n) is 14.3. The van der Waals surface area contributed by atoms with Crippen molar-refractivity contribution in [3.05, 3.63) is 77.7 Å². The molecule has 308 valence electrons. The molecule has 1 fully saturated rings. The van der Waals surface area contributed by atoms with Gasteiger partial charge in [-0.2, -0.15) is 0 Å². The van der Waals surface area contributed by atoms with Gasteiger partial charge in [0.05, 0.1) is 49.6 Å². The van der Waals surface area contributed by atoms with Crippen LogP contribution in [-0.4, -0.2) is 115 Å². The lowest BCUT2D eigenvalue weighted by Crippen LogP contribution is -2.70. The lowest BCUT2D eigenvalue weighted by molar-refractivity contribution is -0.256. The Bertz CT molecular complexity index is 1640. The molecular weight excluding hydrogens is 742 g/mol. The van der Waals surface area contributed by atoms with Gasteiger partial charge in [0.1, 0.15) is 37.9 Å². The van der Waals surface area contributed by atoms with Gasteiger partial charge >= 0.3 is 6.09 Å². The number of rotatable bonds is 23. The van der Waals surface area contributed by atoms with Gasteiger partial charge in [-0.1, -0.05) is 36.2 Å². The highest BCUT2D eigenvalue weighted by Gasteiger charge is 2.65. The Kier molecular flexibility index (Phi) is 16.8. The number of pyridine rings is 1. The van der Waals surface area contributed by atoms with Crippen LogP contribution in [0.4, 0.5) is 4.79 Å². The van der Waals surface area contributed by atoms with Gasteiger partial charge < -0.3 is 43.8 Å². The van der Waals surface area contributed by atoms with Crippen molar-refractivity contribution in [1.29, 1.82) is 0 Å². The van der Waals surface area contributed by atoms with E-state index in [-0.39, 0.29) is 89.5 Å². The molecule has 1 aromatic heterocycles. The second-order valence-corrected chi connectivity index (χ2v) is 14.7. The fraction of sp³-hybridized carbons (Fsp3) is 0.595. The molecule has 3 N–H and O–H groups in total. The Hall–Kier alpha value is -3.72. The van der Waals surface area contributed by atoms with E-state index in [4.69, 9.17) is 40.1 Å². The van der Waals surface area contributed by atoms with E-state index in [9.17, 15) is 20.1 Å². The summed E-state index contributed by atoms with van der Waals surface area (Å²) < 4.78 is 31.8. The largest absolute Gasteiger partial charge is 0.487 e. The minimum atomic E-state index is -1.46. The molecule has 3 aliphatic rings. The SMILES string of the molecule is C=CCO[C@@]12Oc3ccc(OCc4cccc(C)n4)cc3[C@H]3[C@H](CCCCO)[C@@H](CCCCO)C=C(C(=NOC)C[C@@H]1N(CCOCCO)C(=O)OCCCl)[C@H]32. The Morgan fingerprint density at radius 1 is 1.09 bits per heavy atom. The number of oxime groups is 1. The number of amides is 1. The van der Waals surface area contributed by atoms with Gasteiger partial charge in [-0.05, 0) is 80.3 Å². The van der Waals surface area contributed by atoms with Gasteiger partial charge in [-0.3, -0.25) is 9.88 Å². The summed E-state index contributed by atoms with van der Waals surface area (Å²) in [7, 11) is 1.50. The number of nitrogens with zero attached hydrogens (tertiary/aromatic N) is 3. The summed E-state index contributed by atoms with van der Waals surface area (Å²) in [5, 5.41) is 33.7. The van der Waals surface area contributed by atoms with E-state index in [0.29, 0.717) is 30.1 Å². The summed E-state index contributed by atoms with van der Waals surface area (Å²) in [6.07, 6.45) is 8.08. The smallest absolute Gasteiger partial charge is 0.410 e. The molecule has 6 atom stereocenters. The van der Waals surface area contributed by atoms with E-state index in [1.54, 1.807) is 11.0 Å². The maximum atomic E-state index is 14.1. The number of unbranched alkanes of at least 4 members (excludes halogenated alkanes) is 2. The highest BCUT2D eigenvalue weighted by Crippen LogP contribution is 2.62. The molecule has 1 aliphatic heterocycles. The average Bonchev–Trinajstić information content (AvgIpc) is 3.20. The molecule has 2 aliphatic carbocycles. The number of aryl methyl sites for hydroxylation is 1. The number of aromatic nitrogens is 1. The highest BCUT2D eigenvalue weighted by molar-refractivity contribution is 6.18. The Morgan fingerprint density at radius 2 is 1.89 bits per heavy atom. The summed E-state index contributed by atoms with van der Waals surface area (Å²) in [4.78, 5) is 25.7. The van der Waals surface area contributed by atoms with Crippen molar-refractivity contribution >= 4 is 23.4 Å². The lowest BCUT2D eigenvalue weighted by atomic mass is 9.55. The molecule has 1 aromatic carbocycles. The first-order valence-electron chi connectivity index (χ1n) is 19.7. The zero-order valence-electron chi connectivity index (χ0n) is 32.7. The number of carbonyl (C=O) groups excluding carboxylic acids is 1. The summed E-state index contributed by atoms with van der Waals surface area (Å²) in [5.41, 5.74) is 4.22. The number of benzene rings is 1. The van der Waals surface area contributed by atoms with Crippen LogP contribution in [0.1, 0.15) is 67.8 Å². The van der Waals surface area contributed by atoms with Crippen LogP contribution in [0, 0.1) is 24.7 Å². The minimum absolute atomic E-state index is 0.00909. The third-order valence-corrected chi connectivity index (χ3v) is 11.0. The Labute approximate surface area is 335 Å². The van der Waals surface area contributed by atoms with E-state index in [1.807, 2.05) is 43.3 Å². The van der Waals surface area contributed by atoms with Crippen molar-refractivity contribution in [1.82, 2.24) is 9.88 Å². The zero-order chi connectivity index (χ0) is 39.9. The first kappa shape index (κ1) is 43.4. The first-order chi connectivity index (χ1) is 27.3. The van der Waals surface area contributed by atoms with E-state index in [2.05, 4.69) is 22.8 Å². The summed E-state index contributed by atoms with van der Waals surface area (Å²) in [6, 6.07) is 10.9. The fourth-order valence-electron chi connectivity index (χ4n) is 8.60. The van der Waals surface area contributed by atoms with Crippen LogP contribution in [0.3, 0.4) is 0 Å². The number of aliphatic hydroxyl groups excluding tert-OH is 3. The molecule has 1 saturated carbocycles. The van der Waals surface area contributed by atoms with Crippen LogP contribution in [0.5, 0.6) is 11.5 Å². The molecule has 14 heteroatoms. The zero-order valence-corrected chi connectivity index (χ0v) is 33.4. The van der Waals surface area contributed by atoms with Gasteiger partial charge in [0.2, 0.25) is 5.79 Å². The average molecular weight is 800 g/mol. The molecule has 1 amide bonds. The molecule has 0 saturated heterocycles. The normalized spacial score (nSPS) is 24.4. The van der Waals surface area contributed by atoms with E-state index >= 15 is 0 Å². The van der Waals surface area contributed by atoms with Crippen LogP contribution >= 0.6 is 11.6 Å². The number of fused-ring (bicyclic) bond motifs is 2. The van der Waals surface area contributed by atoms with Crippen LogP contribution in [0.25, 0.3) is 0 Å². The third-order valence-electron chi connectivity index (χ3n) is 10.8. The van der Waals surface area contributed by atoms with Crippen LogP contribution < -0.4 is 9.47 Å². The fourth-order valence-corrected chi connectivity index (χ4v) is 8.68. The molecule has 0 bridgehead atoms. The standard InChI is InChI=1S/C42H58ClN3O10/c1-4-21-55-42-38(46(17-23-52-24-20-49)41(50)53-22-16-43)27-36(45-51-3)34-25-30(11-5-7-18-47)33(13-6-8-19-48)39(40(34)42)35-26-32(14-15-37(35)56-42)54-28-31-12-9-10-29(2)44-31/h4,9-10,12,14-15,25-26,30,33,38-40,47-49H,1,5-8,11,13,16-24,27-28H2,2-3H3/t30-,33+,38-,39+,40+,42+/m0/s1. The summed E-state index contributed by atoms with van der Waals surface area (Å²) in [6.45, 7) is 6.63. The molecule has 2 heterocycles. The predicted octanol–water partition coefficient (Wildman–Crippen LogP) is 5.92. The molecule has 0 spiro atoms. The number of allylic oxidation sites excluding steroid dienone is 1. The van der Waals surface area contributed by atoms with Crippen LogP contribution in [0.15, 0.2) is 65.9 Å².